The number of ether oxygens (including phenoxy) is 1. The van der Waals surface area contributed by atoms with Gasteiger partial charge >= 0.3 is 5.97 Å². The first-order chi connectivity index (χ1) is 21.9. The maximum atomic E-state index is 13.3. The Hall–Kier alpha value is -4.06. The van der Waals surface area contributed by atoms with E-state index in [1.165, 1.54) is 12.1 Å². The molecule has 244 valence electrons. The Morgan fingerprint density at radius 1 is 0.957 bits per heavy atom. The molecule has 0 bridgehead atoms. The highest BCUT2D eigenvalue weighted by molar-refractivity contribution is 7.89. The summed E-state index contributed by atoms with van der Waals surface area (Å²) in [6, 6.07) is 19.4. The second kappa shape index (κ2) is 14.1. The van der Waals surface area contributed by atoms with Gasteiger partial charge in [-0.1, -0.05) is 56.3 Å². The Labute approximate surface area is 269 Å². The average Bonchev–Trinajstić information content (AvgIpc) is 3.47. The summed E-state index contributed by atoms with van der Waals surface area (Å²) in [4.78, 5) is 28.4. The van der Waals surface area contributed by atoms with Crippen molar-refractivity contribution in [1.29, 1.82) is 0 Å². The van der Waals surface area contributed by atoms with Gasteiger partial charge in [0.1, 0.15) is 18.5 Å². The Balaban J connectivity index is 1.16. The fourth-order valence-electron chi connectivity index (χ4n) is 5.66. The molecule has 2 atom stereocenters. The fourth-order valence-corrected chi connectivity index (χ4v) is 6.99. The van der Waals surface area contributed by atoms with Crippen LogP contribution in [0, 0.1) is 17.7 Å². The first-order valence-corrected chi connectivity index (χ1v) is 17.1. The zero-order valence-corrected chi connectivity index (χ0v) is 27.1. The minimum atomic E-state index is -3.79. The molecule has 9 nitrogen and oxygen atoms in total. The van der Waals surface area contributed by atoms with E-state index in [1.54, 1.807) is 30.3 Å². The number of hydrogen-bond donors (Lipinski definition) is 4. The number of halogens is 1. The Bertz CT molecular complexity index is 1780. The molecule has 1 amide bonds. The number of aromatic amines is 1. The number of hydrogen-bond acceptors (Lipinski definition) is 6. The largest absolute Gasteiger partial charge is 0.460 e. The molecular formula is C35H41FN4O5S. The van der Waals surface area contributed by atoms with Crippen LogP contribution in [0.3, 0.4) is 0 Å². The van der Waals surface area contributed by atoms with Crippen LogP contribution in [0.2, 0.25) is 0 Å². The van der Waals surface area contributed by atoms with Gasteiger partial charge in [-0.2, -0.15) is 0 Å². The number of carbonyl (C=O) groups is 2. The normalized spacial score (nSPS) is 18.3. The number of fused-ring (bicyclic) bond motifs is 1. The van der Waals surface area contributed by atoms with E-state index in [1.807, 2.05) is 51.1 Å². The Morgan fingerprint density at radius 3 is 2.28 bits per heavy atom. The summed E-state index contributed by atoms with van der Waals surface area (Å²) >= 11 is 0. The van der Waals surface area contributed by atoms with E-state index >= 15 is 0 Å². The molecular weight excluding hydrogens is 607 g/mol. The van der Waals surface area contributed by atoms with Gasteiger partial charge in [0.05, 0.1) is 10.9 Å². The lowest BCUT2D eigenvalue weighted by Gasteiger charge is -2.29. The molecule has 1 fully saturated rings. The van der Waals surface area contributed by atoms with Crippen molar-refractivity contribution < 1.29 is 27.1 Å². The SMILES string of the molecule is CC(NC(=O)C1CCC(NS(=O)(=O)c2ccc3cc(-c4ccc(COC(=O)C(N)C(C)C)cc4)[nH]c3c2)CC1)c1ccc(F)cc1. The van der Waals surface area contributed by atoms with Crippen molar-refractivity contribution in [3.05, 3.63) is 89.7 Å². The van der Waals surface area contributed by atoms with Crippen LogP contribution >= 0.6 is 0 Å². The quantitative estimate of drug-likeness (QED) is 0.153. The summed E-state index contributed by atoms with van der Waals surface area (Å²) in [5, 5.41) is 3.87. The van der Waals surface area contributed by atoms with Crippen LogP contribution in [0.5, 0.6) is 0 Å². The van der Waals surface area contributed by atoms with Crippen LogP contribution in [0.15, 0.2) is 77.7 Å². The summed E-state index contributed by atoms with van der Waals surface area (Å²) in [7, 11) is -3.79. The molecule has 4 aromatic rings. The lowest BCUT2D eigenvalue weighted by molar-refractivity contribution is -0.147. The minimum Gasteiger partial charge on any atom is -0.460 e. The lowest BCUT2D eigenvalue weighted by atomic mass is 9.85. The van der Waals surface area contributed by atoms with Crippen LogP contribution in [0.4, 0.5) is 4.39 Å². The van der Waals surface area contributed by atoms with Crippen molar-refractivity contribution in [1.82, 2.24) is 15.0 Å². The fraction of sp³-hybridized carbons (Fsp3) is 0.371. The summed E-state index contributed by atoms with van der Waals surface area (Å²) in [5.41, 5.74) is 9.92. The van der Waals surface area contributed by atoms with Gasteiger partial charge in [0.25, 0.3) is 0 Å². The number of aromatic nitrogens is 1. The number of nitrogens with two attached hydrogens (primary N) is 1. The standard InChI is InChI=1S/C35H41FN4O5S/c1-21(2)33(37)35(42)45-20-23-4-6-25(7-5-23)31-18-27-12-17-30(19-32(27)39-31)46(43,44)40-29-15-10-26(11-16-29)34(41)38-22(3)24-8-13-28(36)14-9-24/h4-9,12-14,17-19,21-22,26,29,33,39-40H,10-11,15-16,20,37H2,1-3H3,(H,38,41). The molecule has 1 aliphatic rings. The predicted octanol–water partition coefficient (Wildman–Crippen LogP) is 5.72. The zero-order chi connectivity index (χ0) is 33.0. The number of sulfonamides is 1. The van der Waals surface area contributed by atoms with Crippen molar-refractivity contribution in [2.24, 2.45) is 17.6 Å². The number of esters is 1. The van der Waals surface area contributed by atoms with Gasteiger partial charge in [-0.3, -0.25) is 9.59 Å². The van der Waals surface area contributed by atoms with E-state index in [9.17, 15) is 22.4 Å². The number of H-pyrrole nitrogens is 1. The monoisotopic (exact) mass is 648 g/mol. The van der Waals surface area contributed by atoms with Gasteiger partial charge < -0.3 is 20.8 Å². The van der Waals surface area contributed by atoms with Crippen molar-refractivity contribution in [3.63, 3.8) is 0 Å². The molecule has 2 unspecified atom stereocenters. The predicted molar refractivity (Wildman–Crippen MR) is 175 cm³/mol. The summed E-state index contributed by atoms with van der Waals surface area (Å²) in [5.74, 6) is -1.04. The molecule has 0 aliphatic heterocycles. The van der Waals surface area contributed by atoms with Crippen molar-refractivity contribution in [2.45, 2.75) is 76.1 Å². The van der Waals surface area contributed by atoms with Gasteiger partial charge in [-0.25, -0.2) is 17.5 Å². The molecule has 0 radical (unpaired) electrons. The zero-order valence-electron chi connectivity index (χ0n) is 26.3. The summed E-state index contributed by atoms with van der Waals surface area (Å²) in [6.07, 6.45) is 2.25. The first-order valence-electron chi connectivity index (χ1n) is 15.6. The van der Waals surface area contributed by atoms with E-state index in [0.29, 0.717) is 31.2 Å². The molecule has 1 aromatic heterocycles. The second-order valence-corrected chi connectivity index (χ2v) is 14.2. The molecule has 11 heteroatoms. The van der Waals surface area contributed by atoms with Crippen LogP contribution < -0.4 is 15.8 Å². The number of carbonyl (C=O) groups excluding carboxylic acids is 2. The lowest BCUT2D eigenvalue weighted by Crippen LogP contribution is -2.41. The molecule has 5 rings (SSSR count). The topological polar surface area (TPSA) is 143 Å². The van der Waals surface area contributed by atoms with Gasteiger partial charge in [-0.05, 0) is 85.5 Å². The minimum absolute atomic E-state index is 0.00571. The molecule has 0 saturated heterocycles. The molecule has 3 aromatic carbocycles. The highest BCUT2D eigenvalue weighted by Gasteiger charge is 2.30. The number of benzene rings is 3. The van der Waals surface area contributed by atoms with E-state index in [4.69, 9.17) is 10.5 Å². The average molecular weight is 649 g/mol. The molecule has 1 saturated carbocycles. The molecule has 1 heterocycles. The van der Waals surface area contributed by atoms with E-state index in [0.717, 1.165) is 27.8 Å². The van der Waals surface area contributed by atoms with Gasteiger partial charge in [0.2, 0.25) is 15.9 Å². The third-order valence-corrected chi connectivity index (χ3v) is 10.2. The van der Waals surface area contributed by atoms with Gasteiger partial charge in [0, 0.05) is 28.6 Å². The van der Waals surface area contributed by atoms with Crippen molar-refractivity contribution in [3.8, 4) is 11.3 Å². The third-order valence-electron chi connectivity index (χ3n) is 8.69. The summed E-state index contributed by atoms with van der Waals surface area (Å²) < 4.78 is 48.0. The first kappa shape index (κ1) is 33.3. The van der Waals surface area contributed by atoms with E-state index < -0.39 is 22.0 Å². The van der Waals surface area contributed by atoms with E-state index in [-0.39, 0.29) is 47.1 Å². The van der Waals surface area contributed by atoms with E-state index in [2.05, 4.69) is 15.0 Å². The van der Waals surface area contributed by atoms with Gasteiger partial charge in [-0.15, -0.1) is 0 Å². The summed E-state index contributed by atoms with van der Waals surface area (Å²) in [6.45, 7) is 5.72. The number of amides is 1. The Kier molecular flexibility index (Phi) is 10.2. The van der Waals surface area contributed by atoms with Crippen LogP contribution in [0.25, 0.3) is 22.2 Å². The highest BCUT2D eigenvalue weighted by atomic mass is 32.2. The molecule has 1 aliphatic carbocycles. The molecule has 46 heavy (non-hydrogen) atoms. The van der Waals surface area contributed by atoms with Crippen LogP contribution in [0.1, 0.15) is 63.6 Å². The Morgan fingerprint density at radius 2 is 1.63 bits per heavy atom. The van der Waals surface area contributed by atoms with Crippen molar-refractivity contribution in [2.75, 3.05) is 0 Å². The number of nitrogens with one attached hydrogen (secondary N) is 3. The maximum absolute atomic E-state index is 13.3. The number of rotatable bonds is 11. The van der Waals surface area contributed by atoms with Crippen LogP contribution in [-0.4, -0.2) is 37.4 Å². The third kappa shape index (κ3) is 8.01. The maximum Gasteiger partial charge on any atom is 0.323 e. The smallest absolute Gasteiger partial charge is 0.323 e. The molecule has 0 spiro atoms. The highest BCUT2D eigenvalue weighted by Crippen LogP contribution is 2.29. The van der Waals surface area contributed by atoms with Crippen LogP contribution in [-0.2, 0) is 31.0 Å². The van der Waals surface area contributed by atoms with Crippen molar-refractivity contribution >= 4 is 32.8 Å². The second-order valence-electron chi connectivity index (χ2n) is 12.5. The van der Waals surface area contributed by atoms with Gasteiger partial charge in [0.15, 0.2) is 0 Å². The molecule has 5 N–H and O–H groups in total.